The van der Waals surface area contributed by atoms with Crippen molar-refractivity contribution >= 4 is 0 Å². The van der Waals surface area contributed by atoms with Crippen LogP contribution in [-0.4, -0.2) is 20.5 Å². The van der Waals surface area contributed by atoms with Gasteiger partial charge >= 0.3 is 0 Å². The first-order valence-electron chi connectivity index (χ1n) is 1.95. The van der Waals surface area contributed by atoms with Crippen molar-refractivity contribution in [1.29, 1.82) is 0 Å². The van der Waals surface area contributed by atoms with Gasteiger partial charge in [-0.2, -0.15) is 0 Å². The number of rotatable bonds is 3. The number of nitrogens with two attached hydrogens (primary N) is 1. The van der Waals surface area contributed by atoms with E-state index in [0.29, 0.717) is 0 Å². The van der Waals surface area contributed by atoms with E-state index in [-0.39, 0.29) is 39.0 Å². The van der Waals surface area contributed by atoms with Crippen molar-refractivity contribution in [2.45, 2.75) is 6.29 Å². The van der Waals surface area contributed by atoms with Gasteiger partial charge in [0.1, 0.15) is 0 Å². The molecule has 0 rings (SSSR count). The topological polar surface area (TPSA) is 44.5 Å². The van der Waals surface area contributed by atoms with Crippen LogP contribution >= 0.6 is 0 Å². The minimum Gasteiger partial charge on any atom is -0.479 e. The van der Waals surface area contributed by atoms with Crippen molar-refractivity contribution in [3.8, 4) is 0 Å². The fraction of sp³-hybridized carbons (Fsp3) is 0.750. The van der Waals surface area contributed by atoms with Gasteiger partial charge in [0.25, 0.3) is 0 Å². The summed E-state index contributed by atoms with van der Waals surface area (Å²) in [6.07, 6.45) is -0.361. The minimum absolute atomic E-state index is 0. The molecule has 1 radical (unpaired) electrons. The van der Waals surface area contributed by atoms with E-state index < -0.39 is 0 Å². The van der Waals surface area contributed by atoms with Crippen molar-refractivity contribution in [2.24, 2.45) is 5.73 Å². The molecule has 0 bridgehead atoms. The third-order valence-corrected chi connectivity index (χ3v) is 0.622. The van der Waals surface area contributed by atoms with Gasteiger partial charge in [0, 0.05) is 53.2 Å². The average Bonchev–Trinajstić information content (AvgIpc) is 1.72. The van der Waals surface area contributed by atoms with Gasteiger partial charge in [0.2, 0.25) is 0 Å². The Morgan fingerprint density at radius 1 is 1.38 bits per heavy atom. The number of ether oxygens (including phenoxy) is 2. The quantitative estimate of drug-likeness (QED) is 0.495. The largest absolute Gasteiger partial charge is 0.479 e. The zero-order valence-electron chi connectivity index (χ0n) is 5.13. The summed E-state index contributed by atoms with van der Waals surface area (Å²) in [7, 11) is 3.05. The Kier molecular flexibility index (Phi) is 11.7. The van der Waals surface area contributed by atoms with Crippen molar-refractivity contribution < 1.29 is 42.2 Å². The molecule has 0 aliphatic heterocycles. The molecule has 47 valence electrons. The summed E-state index contributed by atoms with van der Waals surface area (Å²) < 4.78 is 9.29. The average molecular weight is 193 g/mol. The van der Waals surface area contributed by atoms with Crippen LogP contribution in [-0.2, 0) is 42.2 Å². The molecule has 0 unspecified atom stereocenters. The summed E-state index contributed by atoms with van der Waals surface area (Å²) >= 11 is 0. The van der Waals surface area contributed by atoms with Gasteiger partial charge in [0.15, 0.2) is 0 Å². The van der Waals surface area contributed by atoms with E-state index in [1.54, 1.807) is 0 Å². The maximum atomic E-state index is 5.02. The Bertz CT molecular complexity index is 35.5. The number of hydrogen-bond acceptors (Lipinski definition) is 3. The standard InChI is InChI=1S/C4H10NO2.Y/c1-6-4(3-5)7-2;/h3-4H,5H2,1-2H3;/q-1;. The number of methoxy groups -OCH3 is 2. The summed E-state index contributed by atoms with van der Waals surface area (Å²) in [6.45, 7) is 1.33. The third-order valence-electron chi connectivity index (χ3n) is 0.622. The van der Waals surface area contributed by atoms with Crippen molar-refractivity contribution in [3.63, 3.8) is 0 Å². The molecule has 0 spiro atoms. The van der Waals surface area contributed by atoms with Crippen molar-refractivity contribution in [3.05, 3.63) is 6.54 Å². The van der Waals surface area contributed by atoms with E-state index in [1.807, 2.05) is 0 Å². The first kappa shape index (κ1) is 11.7. The zero-order chi connectivity index (χ0) is 5.70. The van der Waals surface area contributed by atoms with Crippen LogP contribution in [0.4, 0.5) is 0 Å². The van der Waals surface area contributed by atoms with Crippen LogP contribution in [0.3, 0.4) is 0 Å². The summed E-state index contributed by atoms with van der Waals surface area (Å²) in [4.78, 5) is 0. The SMILES string of the molecule is COC([CH-]N)OC.[Y]. The summed E-state index contributed by atoms with van der Waals surface area (Å²) in [5, 5.41) is 0. The fourth-order valence-electron chi connectivity index (χ4n) is 0.253. The minimum atomic E-state index is -0.361. The molecule has 0 aromatic heterocycles. The van der Waals surface area contributed by atoms with Gasteiger partial charge in [-0.3, -0.25) is 0 Å². The number of hydrogen-bond donors (Lipinski definition) is 1. The zero-order valence-corrected chi connectivity index (χ0v) is 7.96. The Hall–Kier alpha value is 0.984. The van der Waals surface area contributed by atoms with Gasteiger partial charge in [-0.05, 0) is 0 Å². The van der Waals surface area contributed by atoms with E-state index in [9.17, 15) is 0 Å². The van der Waals surface area contributed by atoms with E-state index in [1.165, 1.54) is 20.8 Å². The van der Waals surface area contributed by atoms with E-state index >= 15 is 0 Å². The summed E-state index contributed by atoms with van der Waals surface area (Å²) in [6, 6.07) is 0. The Balaban J connectivity index is 0. The normalized spacial score (nSPS) is 9.00. The summed E-state index contributed by atoms with van der Waals surface area (Å²) in [5.74, 6) is 0. The molecule has 0 saturated heterocycles. The maximum absolute atomic E-state index is 5.02. The molecule has 0 heterocycles. The molecule has 4 heteroatoms. The third kappa shape index (κ3) is 5.13. The fourth-order valence-corrected chi connectivity index (χ4v) is 0.253. The molecule has 0 aliphatic rings. The Morgan fingerprint density at radius 2 is 1.75 bits per heavy atom. The molecule has 3 nitrogen and oxygen atoms in total. The predicted molar refractivity (Wildman–Crippen MR) is 26.3 cm³/mol. The van der Waals surface area contributed by atoms with Crippen molar-refractivity contribution in [2.75, 3.05) is 14.2 Å². The molecule has 0 amide bonds. The second-order valence-electron chi connectivity index (χ2n) is 1.03. The van der Waals surface area contributed by atoms with Gasteiger partial charge in [-0.1, -0.05) is 0 Å². The van der Waals surface area contributed by atoms with Crippen LogP contribution in [0.1, 0.15) is 0 Å². The molecule has 0 saturated carbocycles. The first-order valence-corrected chi connectivity index (χ1v) is 1.95. The van der Waals surface area contributed by atoms with E-state index in [2.05, 4.69) is 9.47 Å². The van der Waals surface area contributed by atoms with Gasteiger partial charge in [-0.15, -0.1) is 0 Å². The predicted octanol–water partition coefficient (Wildman–Crippen LogP) is -0.277. The molecule has 8 heavy (non-hydrogen) atoms. The molecule has 0 aromatic carbocycles. The second kappa shape index (κ2) is 7.98. The molecular weight excluding hydrogens is 183 g/mol. The van der Waals surface area contributed by atoms with Crippen LogP contribution in [0.25, 0.3) is 0 Å². The van der Waals surface area contributed by atoms with Gasteiger partial charge < -0.3 is 15.2 Å². The Morgan fingerprint density at radius 3 is 1.75 bits per heavy atom. The molecule has 0 aliphatic carbocycles. The summed E-state index contributed by atoms with van der Waals surface area (Å²) in [5.41, 5.74) is 5.02. The monoisotopic (exact) mass is 193 g/mol. The smallest absolute Gasteiger partial charge is 0.0466 e. The van der Waals surface area contributed by atoms with Gasteiger partial charge in [0.05, 0.1) is 0 Å². The van der Waals surface area contributed by atoms with Crippen LogP contribution in [0.2, 0.25) is 0 Å². The van der Waals surface area contributed by atoms with Crippen LogP contribution in [0, 0.1) is 6.54 Å². The van der Waals surface area contributed by atoms with E-state index in [0.717, 1.165) is 0 Å². The van der Waals surface area contributed by atoms with Crippen LogP contribution in [0.15, 0.2) is 0 Å². The second-order valence-corrected chi connectivity index (χ2v) is 1.03. The van der Waals surface area contributed by atoms with Crippen LogP contribution in [0.5, 0.6) is 0 Å². The Labute approximate surface area is 74.8 Å². The molecule has 0 atom stereocenters. The first-order chi connectivity index (χ1) is 3.35. The van der Waals surface area contributed by atoms with Gasteiger partial charge in [-0.25, -0.2) is 6.54 Å². The molecule has 0 aromatic rings. The maximum Gasteiger partial charge on any atom is 0.0466 e. The molecule has 0 fully saturated rings. The van der Waals surface area contributed by atoms with Crippen LogP contribution < -0.4 is 5.73 Å². The molecular formula is C4H10NO2Y-. The molecule has 2 N–H and O–H groups in total. The van der Waals surface area contributed by atoms with Crippen molar-refractivity contribution in [1.82, 2.24) is 0 Å². The van der Waals surface area contributed by atoms with E-state index in [4.69, 9.17) is 5.73 Å².